The topological polar surface area (TPSA) is 59.0 Å². The first kappa shape index (κ1) is 17.2. The number of hydrogen-bond acceptors (Lipinski definition) is 2. The van der Waals surface area contributed by atoms with Gasteiger partial charge in [-0.1, -0.05) is 34.1 Å². The monoisotopic (exact) mass is 398 g/mol. The maximum Gasteiger partial charge on any atom is 0.319 e. The smallest absolute Gasteiger partial charge is 0.319 e. The Hall–Kier alpha value is -2.60. The van der Waals surface area contributed by atoms with Crippen molar-refractivity contribution in [2.45, 2.75) is 20.4 Å². The highest BCUT2D eigenvalue weighted by atomic mass is 79.9. The lowest BCUT2D eigenvalue weighted by atomic mass is 10.1. The van der Waals surface area contributed by atoms with Crippen molar-refractivity contribution in [2.24, 2.45) is 0 Å². The SMILES string of the molecule is Cc1cc(Br)cc(C)c1NC(=O)NCc1cnn(-c2ccccc2)c1. The summed E-state index contributed by atoms with van der Waals surface area (Å²) in [5, 5.41) is 10.1. The van der Waals surface area contributed by atoms with Gasteiger partial charge in [0.1, 0.15) is 0 Å². The van der Waals surface area contributed by atoms with Crippen molar-refractivity contribution in [2.75, 3.05) is 5.32 Å². The summed E-state index contributed by atoms with van der Waals surface area (Å²) in [4.78, 5) is 12.2. The molecule has 0 saturated carbocycles. The largest absolute Gasteiger partial charge is 0.334 e. The number of rotatable bonds is 4. The van der Waals surface area contributed by atoms with Crippen molar-refractivity contribution in [3.8, 4) is 5.69 Å². The highest BCUT2D eigenvalue weighted by molar-refractivity contribution is 9.10. The van der Waals surface area contributed by atoms with Crippen LogP contribution in [0.15, 0.2) is 59.3 Å². The number of para-hydroxylation sites is 1. The molecule has 2 N–H and O–H groups in total. The first-order chi connectivity index (χ1) is 12.0. The first-order valence-corrected chi connectivity index (χ1v) is 8.73. The Morgan fingerprint density at radius 3 is 2.52 bits per heavy atom. The minimum Gasteiger partial charge on any atom is -0.334 e. The van der Waals surface area contributed by atoms with Crippen LogP contribution >= 0.6 is 15.9 Å². The van der Waals surface area contributed by atoms with Crippen LogP contribution < -0.4 is 10.6 Å². The Kier molecular flexibility index (Phi) is 5.19. The number of benzene rings is 2. The van der Waals surface area contributed by atoms with E-state index in [1.54, 1.807) is 10.9 Å². The Morgan fingerprint density at radius 1 is 1.16 bits per heavy atom. The Balaban J connectivity index is 1.61. The van der Waals surface area contributed by atoms with E-state index in [-0.39, 0.29) is 6.03 Å². The number of urea groups is 1. The molecule has 0 radical (unpaired) electrons. The molecular formula is C19H19BrN4O. The molecule has 128 valence electrons. The van der Waals surface area contributed by atoms with E-state index in [1.807, 2.05) is 62.5 Å². The number of halogens is 1. The summed E-state index contributed by atoms with van der Waals surface area (Å²) in [5.74, 6) is 0. The number of carbonyl (C=O) groups is 1. The fraction of sp³-hybridized carbons (Fsp3) is 0.158. The number of anilines is 1. The fourth-order valence-corrected chi connectivity index (χ4v) is 3.31. The summed E-state index contributed by atoms with van der Waals surface area (Å²) in [6.45, 7) is 4.35. The molecule has 3 aromatic rings. The van der Waals surface area contributed by atoms with Crippen LogP contribution in [0.2, 0.25) is 0 Å². The zero-order valence-electron chi connectivity index (χ0n) is 14.1. The Labute approximate surface area is 155 Å². The van der Waals surface area contributed by atoms with Gasteiger partial charge in [0, 0.05) is 28.5 Å². The van der Waals surface area contributed by atoms with Crippen LogP contribution in [-0.4, -0.2) is 15.8 Å². The summed E-state index contributed by atoms with van der Waals surface area (Å²) in [7, 11) is 0. The summed E-state index contributed by atoms with van der Waals surface area (Å²) < 4.78 is 2.79. The van der Waals surface area contributed by atoms with Gasteiger partial charge in [-0.2, -0.15) is 5.10 Å². The molecule has 6 heteroatoms. The van der Waals surface area contributed by atoms with Gasteiger partial charge in [0.15, 0.2) is 0 Å². The van der Waals surface area contributed by atoms with E-state index in [1.165, 1.54) is 0 Å². The predicted octanol–water partition coefficient (Wildman–Crippen LogP) is 4.57. The van der Waals surface area contributed by atoms with Crippen molar-refractivity contribution in [3.05, 3.63) is 76.0 Å². The maximum atomic E-state index is 12.2. The zero-order valence-corrected chi connectivity index (χ0v) is 15.7. The van der Waals surface area contributed by atoms with E-state index in [0.717, 1.165) is 32.5 Å². The molecule has 0 aliphatic heterocycles. The summed E-state index contributed by atoms with van der Waals surface area (Å²) >= 11 is 3.46. The van der Waals surface area contributed by atoms with E-state index in [4.69, 9.17) is 0 Å². The second-order valence-corrected chi connectivity index (χ2v) is 6.77. The van der Waals surface area contributed by atoms with Crippen molar-refractivity contribution < 1.29 is 4.79 Å². The minimum absolute atomic E-state index is 0.235. The summed E-state index contributed by atoms with van der Waals surface area (Å²) in [6.07, 6.45) is 3.66. The molecule has 0 bridgehead atoms. The van der Waals surface area contributed by atoms with Gasteiger partial charge in [0.05, 0.1) is 11.9 Å². The Bertz CT molecular complexity index is 866. The molecule has 5 nitrogen and oxygen atoms in total. The van der Waals surface area contributed by atoms with Crippen molar-refractivity contribution >= 4 is 27.6 Å². The zero-order chi connectivity index (χ0) is 17.8. The lowest BCUT2D eigenvalue weighted by Gasteiger charge is -2.13. The highest BCUT2D eigenvalue weighted by Gasteiger charge is 2.09. The molecule has 2 aromatic carbocycles. The molecule has 2 amide bonds. The standard InChI is InChI=1S/C19H19BrN4O/c1-13-8-16(20)9-14(2)18(13)23-19(25)21-10-15-11-22-24(12-15)17-6-4-3-5-7-17/h3-9,11-12H,10H2,1-2H3,(H2,21,23,25). The third-order valence-corrected chi connectivity index (χ3v) is 4.30. The van der Waals surface area contributed by atoms with E-state index in [0.29, 0.717) is 6.54 Å². The number of aryl methyl sites for hydroxylation is 2. The molecule has 0 saturated heterocycles. The van der Waals surface area contributed by atoms with Crippen LogP contribution in [0.25, 0.3) is 5.69 Å². The van der Waals surface area contributed by atoms with Gasteiger partial charge < -0.3 is 10.6 Å². The van der Waals surface area contributed by atoms with Crippen LogP contribution in [0, 0.1) is 13.8 Å². The molecule has 3 rings (SSSR count). The number of aromatic nitrogens is 2. The van der Waals surface area contributed by atoms with Gasteiger partial charge in [-0.25, -0.2) is 9.48 Å². The molecule has 1 heterocycles. The van der Waals surface area contributed by atoms with E-state index >= 15 is 0 Å². The van der Waals surface area contributed by atoms with Crippen LogP contribution in [0.4, 0.5) is 10.5 Å². The molecule has 0 atom stereocenters. The number of nitrogens with zero attached hydrogens (tertiary/aromatic N) is 2. The molecule has 0 aliphatic rings. The summed E-state index contributed by atoms with van der Waals surface area (Å²) in [6, 6.07) is 13.6. The average Bonchev–Trinajstić information content (AvgIpc) is 3.06. The molecule has 0 aliphatic carbocycles. The maximum absolute atomic E-state index is 12.2. The molecule has 1 aromatic heterocycles. The molecule has 0 unspecified atom stereocenters. The van der Waals surface area contributed by atoms with Crippen molar-refractivity contribution in [1.29, 1.82) is 0 Å². The van der Waals surface area contributed by atoms with Crippen molar-refractivity contribution in [3.63, 3.8) is 0 Å². The van der Waals surface area contributed by atoms with E-state index in [9.17, 15) is 4.79 Å². The number of nitrogens with one attached hydrogen (secondary N) is 2. The van der Waals surface area contributed by atoms with Crippen LogP contribution in [0.3, 0.4) is 0 Å². The quantitative estimate of drug-likeness (QED) is 0.675. The second-order valence-electron chi connectivity index (χ2n) is 5.85. The third kappa shape index (κ3) is 4.28. The fourth-order valence-electron chi connectivity index (χ4n) is 2.62. The minimum atomic E-state index is -0.235. The van der Waals surface area contributed by atoms with Gasteiger partial charge in [-0.15, -0.1) is 0 Å². The van der Waals surface area contributed by atoms with Gasteiger partial charge in [-0.05, 0) is 49.2 Å². The lowest BCUT2D eigenvalue weighted by molar-refractivity contribution is 0.251. The average molecular weight is 399 g/mol. The predicted molar refractivity (Wildman–Crippen MR) is 103 cm³/mol. The Morgan fingerprint density at radius 2 is 1.84 bits per heavy atom. The molecular weight excluding hydrogens is 380 g/mol. The number of hydrogen-bond donors (Lipinski definition) is 2. The molecule has 0 spiro atoms. The summed E-state index contributed by atoms with van der Waals surface area (Å²) in [5.41, 5.74) is 4.78. The van der Waals surface area contributed by atoms with Gasteiger partial charge in [0.2, 0.25) is 0 Å². The third-order valence-electron chi connectivity index (χ3n) is 3.85. The van der Waals surface area contributed by atoms with Crippen LogP contribution in [-0.2, 0) is 6.54 Å². The highest BCUT2D eigenvalue weighted by Crippen LogP contribution is 2.24. The molecule has 0 fully saturated rings. The lowest BCUT2D eigenvalue weighted by Crippen LogP contribution is -2.28. The van der Waals surface area contributed by atoms with E-state index in [2.05, 4.69) is 31.7 Å². The molecule has 25 heavy (non-hydrogen) atoms. The normalized spacial score (nSPS) is 10.5. The van der Waals surface area contributed by atoms with Crippen molar-refractivity contribution in [1.82, 2.24) is 15.1 Å². The van der Waals surface area contributed by atoms with Crippen LogP contribution in [0.5, 0.6) is 0 Å². The van der Waals surface area contributed by atoms with Gasteiger partial charge >= 0.3 is 6.03 Å². The van der Waals surface area contributed by atoms with Gasteiger partial charge in [0.25, 0.3) is 0 Å². The first-order valence-electron chi connectivity index (χ1n) is 7.93. The second kappa shape index (κ2) is 7.53. The number of amides is 2. The van der Waals surface area contributed by atoms with Gasteiger partial charge in [-0.3, -0.25) is 0 Å². The van der Waals surface area contributed by atoms with E-state index < -0.39 is 0 Å². The number of carbonyl (C=O) groups excluding carboxylic acids is 1. The van der Waals surface area contributed by atoms with Crippen LogP contribution in [0.1, 0.15) is 16.7 Å².